The molecule has 0 aromatic heterocycles. The zero-order valence-electron chi connectivity index (χ0n) is 15.4. The maximum atomic E-state index is 12.5. The lowest BCUT2D eigenvalue weighted by Crippen LogP contribution is -2.32. The Hall–Kier alpha value is -3.03. The molecule has 5 nitrogen and oxygen atoms in total. The van der Waals surface area contributed by atoms with Crippen molar-refractivity contribution in [3.63, 3.8) is 0 Å². The van der Waals surface area contributed by atoms with Gasteiger partial charge in [-0.3, -0.25) is 4.79 Å². The summed E-state index contributed by atoms with van der Waals surface area (Å²) in [5, 5.41) is 2.53. The smallest absolute Gasteiger partial charge is 0.416 e. The topological polar surface area (TPSA) is 64.6 Å². The van der Waals surface area contributed by atoms with Crippen LogP contribution in [0, 0.1) is 13.8 Å². The number of amides is 1. The van der Waals surface area contributed by atoms with Crippen molar-refractivity contribution in [2.24, 2.45) is 0 Å². The molecule has 8 heteroatoms. The maximum absolute atomic E-state index is 12.5. The van der Waals surface area contributed by atoms with Crippen LogP contribution in [0.5, 0.6) is 5.75 Å². The number of hydrogen-bond donors (Lipinski definition) is 1. The van der Waals surface area contributed by atoms with Crippen molar-refractivity contribution in [3.8, 4) is 5.75 Å². The van der Waals surface area contributed by atoms with Gasteiger partial charge >= 0.3 is 12.1 Å². The van der Waals surface area contributed by atoms with Crippen molar-refractivity contribution in [2.45, 2.75) is 20.0 Å². The van der Waals surface area contributed by atoms with Crippen molar-refractivity contribution in [1.82, 2.24) is 5.32 Å². The molecule has 1 N–H and O–H groups in total. The summed E-state index contributed by atoms with van der Waals surface area (Å²) >= 11 is 0. The second kappa shape index (κ2) is 9.25. The first-order chi connectivity index (χ1) is 13.2. The van der Waals surface area contributed by atoms with Gasteiger partial charge in [-0.2, -0.15) is 13.2 Å². The summed E-state index contributed by atoms with van der Waals surface area (Å²) in [7, 11) is 0. The molecule has 2 aromatic rings. The number of benzene rings is 2. The first-order valence-electron chi connectivity index (χ1n) is 8.48. The van der Waals surface area contributed by atoms with E-state index in [1.54, 1.807) is 0 Å². The van der Waals surface area contributed by atoms with E-state index in [9.17, 15) is 22.8 Å². The van der Waals surface area contributed by atoms with Crippen molar-refractivity contribution >= 4 is 11.9 Å². The zero-order valence-corrected chi connectivity index (χ0v) is 15.4. The molecule has 28 heavy (non-hydrogen) atoms. The van der Waals surface area contributed by atoms with Crippen molar-refractivity contribution in [3.05, 3.63) is 64.7 Å². The van der Waals surface area contributed by atoms with Crippen LogP contribution in [0.25, 0.3) is 0 Å². The lowest BCUT2D eigenvalue weighted by molar-refractivity contribution is -0.137. The molecule has 0 unspecified atom stereocenters. The molecule has 0 saturated carbocycles. The number of aryl methyl sites for hydroxylation is 2. The molecule has 0 heterocycles. The van der Waals surface area contributed by atoms with Crippen LogP contribution in [0.15, 0.2) is 42.5 Å². The molecular weight excluding hydrogens is 375 g/mol. The minimum Gasteiger partial charge on any atom is -0.491 e. The van der Waals surface area contributed by atoms with Crippen LogP contribution in [0.4, 0.5) is 13.2 Å². The molecule has 150 valence electrons. The lowest BCUT2D eigenvalue weighted by atomic mass is 10.1. The summed E-state index contributed by atoms with van der Waals surface area (Å²) in [6.45, 7) is 3.81. The molecule has 0 aliphatic rings. The molecule has 0 fully saturated rings. The molecule has 0 bridgehead atoms. The van der Waals surface area contributed by atoms with Gasteiger partial charge in [0.25, 0.3) is 5.91 Å². The third-order valence-corrected chi connectivity index (χ3v) is 3.79. The number of rotatable bonds is 7. The molecule has 0 atom stereocenters. The molecular formula is C20H20F3NO4. The molecule has 0 aliphatic carbocycles. The second-order valence-corrected chi connectivity index (χ2v) is 6.12. The maximum Gasteiger partial charge on any atom is 0.416 e. The Morgan fingerprint density at radius 2 is 1.71 bits per heavy atom. The van der Waals surface area contributed by atoms with Gasteiger partial charge in [-0.1, -0.05) is 17.7 Å². The average Bonchev–Trinajstić information content (AvgIpc) is 2.64. The predicted molar refractivity (Wildman–Crippen MR) is 96.1 cm³/mol. The Labute approximate surface area is 160 Å². The SMILES string of the molecule is Cc1ccc(OCCNC(=O)COC(=O)c2ccc(C(F)(F)F)cc2)c(C)c1. The molecule has 2 aromatic carbocycles. The highest BCUT2D eigenvalue weighted by atomic mass is 19.4. The Balaban J connectivity index is 1.71. The number of nitrogens with one attached hydrogen (secondary N) is 1. The zero-order chi connectivity index (χ0) is 20.7. The third kappa shape index (κ3) is 6.29. The van der Waals surface area contributed by atoms with Crippen LogP contribution in [0.3, 0.4) is 0 Å². The first-order valence-corrected chi connectivity index (χ1v) is 8.48. The van der Waals surface area contributed by atoms with E-state index in [2.05, 4.69) is 5.32 Å². The van der Waals surface area contributed by atoms with E-state index in [0.29, 0.717) is 5.75 Å². The summed E-state index contributed by atoms with van der Waals surface area (Å²) in [6, 6.07) is 9.30. The largest absolute Gasteiger partial charge is 0.491 e. The third-order valence-electron chi connectivity index (χ3n) is 3.79. The van der Waals surface area contributed by atoms with Gasteiger partial charge in [0.15, 0.2) is 6.61 Å². The second-order valence-electron chi connectivity index (χ2n) is 6.12. The van der Waals surface area contributed by atoms with Crippen LogP contribution >= 0.6 is 0 Å². The van der Waals surface area contributed by atoms with Crippen LogP contribution in [-0.4, -0.2) is 31.6 Å². The average molecular weight is 395 g/mol. The minimum atomic E-state index is -4.48. The Morgan fingerprint density at radius 1 is 1.04 bits per heavy atom. The normalized spacial score (nSPS) is 11.0. The molecule has 0 saturated heterocycles. The van der Waals surface area contributed by atoms with E-state index in [1.807, 2.05) is 32.0 Å². The highest BCUT2D eigenvalue weighted by Gasteiger charge is 2.30. The summed E-state index contributed by atoms with van der Waals surface area (Å²) in [5.41, 5.74) is 1.16. The number of alkyl halides is 3. The summed E-state index contributed by atoms with van der Waals surface area (Å²) < 4.78 is 47.8. The number of halogens is 3. The van der Waals surface area contributed by atoms with E-state index < -0.39 is 30.2 Å². The van der Waals surface area contributed by atoms with Gasteiger partial charge in [0.05, 0.1) is 17.7 Å². The highest BCUT2D eigenvalue weighted by Crippen LogP contribution is 2.29. The van der Waals surface area contributed by atoms with E-state index >= 15 is 0 Å². The fourth-order valence-corrected chi connectivity index (χ4v) is 2.37. The number of carbonyl (C=O) groups is 2. The number of esters is 1. The summed E-state index contributed by atoms with van der Waals surface area (Å²) in [6.07, 6.45) is -4.48. The predicted octanol–water partition coefficient (Wildman–Crippen LogP) is 3.67. The van der Waals surface area contributed by atoms with Crippen LogP contribution < -0.4 is 10.1 Å². The number of hydrogen-bond acceptors (Lipinski definition) is 4. The van der Waals surface area contributed by atoms with Crippen molar-refractivity contribution in [1.29, 1.82) is 0 Å². The number of ether oxygens (including phenoxy) is 2. The van der Waals surface area contributed by atoms with E-state index in [4.69, 9.17) is 9.47 Å². The lowest BCUT2D eigenvalue weighted by Gasteiger charge is -2.11. The number of carbonyl (C=O) groups excluding carboxylic acids is 2. The Kier molecular flexibility index (Phi) is 7.03. The fourth-order valence-electron chi connectivity index (χ4n) is 2.37. The summed E-state index contributed by atoms with van der Waals surface area (Å²) in [4.78, 5) is 23.5. The standard InChI is InChI=1S/C20H20F3NO4/c1-13-3-8-17(14(2)11-13)27-10-9-24-18(25)12-28-19(26)15-4-6-16(7-5-15)20(21,22)23/h3-8,11H,9-10,12H2,1-2H3,(H,24,25). The monoisotopic (exact) mass is 395 g/mol. The molecule has 1 amide bonds. The molecule has 0 aliphatic heterocycles. The molecule has 2 rings (SSSR count). The van der Waals surface area contributed by atoms with Gasteiger partial charge in [0.1, 0.15) is 12.4 Å². The molecule has 0 spiro atoms. The van der Waals surface area contributed by atoms with Crippen LogP contribution in [0.2, 0.25) is 0 Å². The Morgan fingerprint density at radius 3 is 2.32 bits per heavy atom. The van der Waals surface area contributed by atoms with E-state index in [1.165, 1.54) is 0 Å². The van der Waals surface area contributed by atoms with E-state index in [0.717, 1.165) is 35.4 Å². The van der Waals surface area contributed by atoms with Crippen molar-refractivity contribution in [2.75, 3.05) is 19.8 Å². The van der Waals surface area contributed by atoms with Gasteiger partial charge in [-0.15, -0.1) is 0 Å². The van der Waals surface area contributed by atoms with Gasteiger partial charge < -0.3 is 14.8 Å². The van der Waals surface area contributed by atoms with Gasteiger partial charge in [0.2, 0.25) is 0 Å². The Bertz CT molecular complexity index is 832. The van der Waals surface area contributed by atoms with Crippen molar-refractivity contribution < 1.29 is 32.2 Å². The quantitative estimate of drug-likeness (QED) is 0.574. The van der Waals surface area contributed by atoms with Crippen LogP contribution in [-0.2, 0) is 15.7 Å². The highest BCUT2D eigenvalue weighted by molar-refractivity contribution is 5.91. The van der Waals surface area contributed by atoms with Gasteiger partial charge in [0, 0.05) is 0 Å². The van der Waals surface area contributed by atoms with Gasteiger partial charge in [-0.25, -0.2) is 4.79 Å². The van der Waals surface area contributed by atoms with E-state index in [-0.39, 0.29) is 18.7 Å². The minimum absolute atomic E-state index is 0.0704. The first kappa shape index (κ1) is 21.3. The summed E-state index contributed by atoms with van der Waals surface area (Å²) in [5.74, 6) is -0.700. The molecule has 0 radical (unpaired) electrons. The van der Waals surface area contributed by atoms with Crippen LogP contribution in [0.1, 0.15) is 27.0 Å². The fraction of sp³-hybridized carbons (Fsp3) is 0.300. The van der Waals surface area contributed by atoms with Gasteiger partial charge in [-0.05, 0) is 49.7 Å².